The van der Waals surface area contributed by atoms with Crippen LogP contribution in [0.3, 0.4) is 0 Å². The molecule has 1 aliphatic heterocycles. The predicted molar refractivity (Wildman–Crippen MR) is 83.5 cm³/mol. The molecule has 0 aliphatic carbocycles. The maximum Gasteiger partial charge on any atom is 0.319 e. The number of nitrogens with one attached hydrogen (secondary N) is 1. The first-order chi connectivity index (χ1) is 9.47. The zero-order valence-electron chi connectivity index (χ0n) is 12.3. The Morgan fingerprint density at radius 2 is 2.00 bits per heavy atom. The molecule has 4 nitrogen and oxygen atoms in total. The highest BCUT2D eigenvalue weighted by molar-refractivity contribution is 6.30. The molecule has 1 heterocycles. The molecule has 0 atom stereocenters. The predicted octanol–water partition coefficient (Wildman–Crippen LogP) is 3.21. The van der Waals surface area contributed by atoms with Crippen molar-refractivity contribution in [2.24, 2.45) is 0 Å². The van der Waals surface area contributed by atoms with Gasteiger partial charge in [-0.2, -0.15) is 0 Å². The van der Waals surface area contributed by atoms with Crippen LogP contribution in [0.2, 0.25) is 5.02 Å². The Labute approximate surface area is 125 Å². The lowest BCUT2D eigenvalue weighted by atomic mass is 10.0. The molecule has 1 aliphatic rings. The van der Waals surface area contributed by atoms with E-state index in [0.29, 0.717) is 6.04 Å². The fourth-order valence-electron chi connectivity index (χ4n) is 2.51. The van der Waals surface area contributed by atoms with E-state index in [-0.39, 0.29) is 6.03 Å². The lowest BCUT2D eigenvalue weighted by Crippen LogP contribution is -2.46. The van der Waals surface area contributed by atoms with Gasteiger partial charge in [0, 0.05) is 43.9 Å². The maximum atomic E-state index is 11.9. The van der Waals surface area contributed by atoms with Crippen molar-refractivity contribution in [1.82, 2.24) is 9.80 Å². The van der Waals surface area contributed by atoms with Gasteiger partial charge in [0.1, 0.15) is 0 Å². The van der Waals surface area contributed by atoms with Gasteiger partial charge in [0.05, 0.1) is 0 Å². The van der Waals surface area contributed by atoms with Gasteiger partial charge in [-0.05, 0) is 43.5 Å². The van der Waals surface area contributed by atoms with E-state index in [1.807, 2.05) is 23.1 Å². The number of anilines is 1. The number of hydrogen-bond donors (Lipinski definition) is 1. The second-order valence-electron chi connectivity index (χ2n) is 5.54. The number of nitrogens with zero attached hydrogens (tertiary/aromatic N) is 2. The van der Waals surface area contributed by atoms with Crippen molar-refractivity contribution < 1.29 is 4.79 Å². The van der Waals surface area contributed by atoms with Crippen molar-refractivity contribution >= 4 is 23.3 Å². The van der Waals surface area contributed by atoms with Gasteiger partial charge >= 0.3 is 6.03 Å². The summed E-state index contributed by atoms with van der Waals surface area (Å²) in [6.45, 7) is 3.67. The van der Waals surface area contributed by atoms with Crippen LogP contribution in [0.4, 0.5) is 10.5 Å². The number of rotatable bonds is 2. The third-order valence-corrected chi connectivity index (χ3v) is 3.93. The summed E-state index contributed by atoms with van der Waals surface area (Å²) < 4.78 is 0. The third-order valence-electron chi connectivity index (χ3n) is 3.70. The molecule has 1 aromatic rings. The smallest absolute Gasteiger partial charge is 0.319 e. The van der Waals surface area contributed by atoms with Crippen molar-refractivity contribution in [3.05, 3.63) is 28.8 Å². The van der Waals surface area contributed by atoms with Gasteiger partial charge in [-0.25, -0.2) is 4.79 Å². The van der Waals surface area contributed by atoms with Crippen molar-refractivity contribution in [2.75, 3.05) is 32.5 Å². The summed E-state index contributed by atoms with van der Waals surface area (Å²) in [5.74, 6) is 0. The van der Waals surface area contributed by atoms with Crippen molar-refractivity contribution in [1.29, 1.82) is 0 Å². The number of piperidine rings is 1. The molecule has 110 valence electrons. The van der Waals surface area contributed by atoms with Crippen LogP contribution in [0.25, 0.3) is 0 Å². The summed E-state index contributed by atoms with van der Waals surface area (Å²) >= 11 is 5.97. The Morgan fingerprint density at radius 3 is 2.55 bits per heavy atom. The highest BCUT2D eigenvalue weighted by Crippen LogP contribution is 2.23. The number of urea groups is 1. The number of carbonyl (C=O) groups excluding carboxylic acids is 1. The monoisotopic (exact) mass is 295 g/mol. The van der Waals surface area contributed by atoms with Crippen LogP contribution in [-0.4, -0.2) is 49.1 Å². The van der Waals surface area contributed by atoms with Crippen LogP contribution in [0.1, 0.15) is 18.4 Å². The van der Waals surface area contributed by atoms with Crippen molar-refractivity contribution in [3.8, 4) is 0 Å². The lowest BCUT2D eigenvalue weighted by molar-refractivity contribution is 0.158. The molecule has 2 amide bonds. The molecule has 5 heteroatoms. The molecule has 0 saturated carbocycles. The fourth-order valence-corrected chi connectivity index (χ4v) is 2.73. The fraction of sp³-hybridized carbons (Fsp3) is 0.533. The quantitative estimate of drug-likeness (QED) is 0.909. The summed E-state index contributed by atoms with van der Waals surface area (Å²) in [6, 6.07) is 6.41. The molecular weight excluding hydrogens is 274 g/mol. The molecule has 0 unspecified atom stereocenters. The van der Waals surface area contributed by atoms with E-state index in [1.165, 1.54) is 0 Å². The third kappa shape index (κ3) is 3.57. The minimum Gasteiger partial charge on any atom is -0.382 e. The number of benzene rings is 1. The van der Waals surface area contributed by atoms with Gasteiger partial charge in [0.25, 0.3) is 0 Å². The SMILES string of the molecule is Cc1cc(Cl)ccc1NC1CCN(C(=O)N(C)C)CC1. The Bertz CT molecular complexity index is 482. The van der Waals surface area contributed by atoms with Gasteiger partial charge in [0.15, 0.2) is 0 Å². The van der Waals surface area contributed by atoms with E-state index in [2.05, 4.69) is 12.2 Å². The summed E-state index contributed by atoms with van der Waals surface area (Å²) in [6.07, 6.45) is 1.95. The average molecular weight is 296 g/mol. The Morgan fingerprint density at radius 1 is 1.35 bits per heavy atom. The molecule has 0 spiro atoms. The second-order valence-corrected chi connectivity index (χ2v) is 5.98. The molecule has 0 bridgehead atoms. The van der Waals surface area contributed by atoms with Gasteiger partial charge in [-0.15, -0.1) is 0 Å². The Kier molecular flexibility index (Phi) is 4.76. The molecule has 1 aromatic carbocycles. The molecule has 1 saturated heterocycles. The summed E-state index contributed by atoms with van der Waals surface area (Å²) in [4.78, 5) is 15.4. The van der Waals surface area contributed by atoms with Gasteiger partial charge < -0.3 is 15.1 Å². The first-order valence-corrected chi connectivity index (χ1v) is 7.34. The number of likely N-dealkylation sites (tertiary alicyclic amines) is 1. The Hall–Kier alpha value is -1.42. The zero-order chi connectivity index (χ0) is 14.7. The standard InChI is InChI=1S/C15H22ClN3O/c1-11-10-12(16)4-5-14(11)17-13-6-8-19(9-7-13)15(20)18(2)3/h4-5,10,13,17H,6-9H2,1-3H3. The minimum absolute atomic E-state index is 0.103. The zero-order valence-corrected chi connectivity index (χ0v) is 13.1. The van der Waals surface area contributed by atoms with Crippen molar-refractivity contribution in [3.63, 3.8) is 0 Å². The summed E-state index contributed by atoms with van der Waals surface area (Å²) in [7, 11) is 3.59. The van der Waals surface area contributed by atoms with Gasteiger partial charge in [0.2, 0.25) is 0 Å². The van der Waals surface area contributed by atoms with E-state index >= 15 is 0 Å². The summed E-state index contributed by atoms with van der Waals surface area (Å²) in [5.41, 5.74) is 2.29. The van der Waals surface area contributed by atoms with Crippen LogP contribution >= 0.6 is 11.6 Å². The molecule has 20 heavy (non-hydrogen) atoms. The van der Waals surface area contributed by atoms with E-state index in [4.69, 9.17) is 11.6 Å². The highest BCUT2D eigenvalue weighted by atomic mass is 35.5. The molecule has 1 N–H and O–H groups in total. The maximum absolute atomic E-state index is 11.9. The molecule has 1 fully saturated rings. The number of halogens is 1. The molecule has 2 rings (SSSR count). The van der Waals surface area contributed by atoms with Crippen LogP contribution in [-0.2, 0) is 0 Å². The number of amides is 2. The van der Waals surface area contributed by atoms with E-state index < -0.39 is 0 Å². The second kappa shape index (κ2) is 6.35. The van der Waals surface area contributed by atoms with Crippen LogP contribution in [0, 0.1) is 6.92 Å². The number of aryl methyl sites for hydroxylation is 1. The topological polar surface area (TPSA) is 35.6 Å². The first kappa shape index (κ1) is 15.0. The van der Waals surface area contributed by atoms with Crippen LogP contribution in [0.5, 0.6) is 0 Å². The van der Waals surface area contributed by atoms with Crippen LogP contribution < -0.4 is 5.32 Å². The minimum atomic E-state index is 0.103. The van der Waals surface area contributed by atoms with Gasteiger partial charge in [-0.1, -0.05) is 11.6 Å². The molecular formula is C15H22ClN3O. The average Bonchev–Trinajstić information content (AvgIpc) is 2.42. The lowest BCUT2D eigenvalue weighted by Gasteiger charge is -2.34. The summed E-state index contributed by atoms with van der Waals surface area (Å²) in [5, 5.41) is 4.32. The van der Waals surface area contributed by atoms with E-state index in [0.717, 1.165) is 42.2 Å². The largest absolute Gasteiger partial charge is 0.382 e. The Balaban J connectivity index is 1.90. The molecule has 0 radical (unpaired) electrons. The van der Waals surface area contributed by atoms with Crippen molar-refractivity contribution in [2.45, 2.75) is 25.8 Å². The first-order valence-electron chi connectivity index (χ1n) is 6.96. The van der Waals surface area contributed by atoms with Crippen LogP contribution in [0.15, 0.2) is 18.2 Å². The molecule has 0 aromatic heterocycles. The number of carbonyl (C=O) groups is 1. The van der Waals surface area contributed by atoms with Gasteiger partial charge in [-0.3, -0.25) is 0 Å². The van der Waals surface area contributed by atoms with E-state index in [1.54, 1.807) is 19.0 Å². The highest BCUT2D eigenvalue weighted by Gasteiger charge is 2.23. The number of hydrogen-bond acceptors (Lipinski definition) is 2. The normalized spacial score (nSPS) is 16.1. The van der Waals surface area contributed by atoms with E-state index in [9.17, 15) is 4.79 Å².